The maximum absolute atomic E-state index is 5.31. The minimum atomic E-state index is 0.540. The van der Waals surface area contributed by atoms with Crippen molar-refractivity contribution in [2.45, 2.75) is 17.9 Å². The van der Waals surface area contributed by atoms with Crippen molar-refractivity contribution < 1.29 is 4.42 Å². The quantitative estimate of drug-likeness (QED) is 0.741. The highest BCUT2D eigenvalue weighted by Crippen LogP contribution is 2.27. The van der Waals surface area contributed by atoms with Crippen molar-refractivity contribution in [1.82, 2.24) is 20.2 Å². The Morgan fingerprint density at radius 1 is 1.37 bits per heavy atom. The van der Waals surface area contributed by atoms with Gasteiger partial charge in [0.15, 0.2) is 0 Å². The lowest BCUT2D eigenvalue weighted by Crippen LogP contribution is -1.99. The maximum atomic E-state index is 5.31. The third kappa shape index (κ3) is 2.54. The van der Waals surface area contributed by atoms with Gasteiger partial charge >= 0.3 is 0 Å². The van der Waals surface area contributed by atoms with Crippen LogP contribution in [0.15, 0.2) is 21.1 Å². The second-order valence-corrected chi connectivity index (χ2v) is 5.57. The molecule has 1 N–H and O–H groups in total. The summed E-state index contributed by atoms with van der Waals surface area (Å²) in [5.74, 6) is 2.77. The standard InChI is InChI=1S/C11H11N5OS2/c1-6-15-16-11(17-6)19-5-8-13-9(12-2)7-3-4-18-10(7)14-8/h3-4H,5H2,1-2H3,(H,12,13,14). The summed E-state index contributed by atoms with van der Waals surface area (Å²) in [5, 5.41) is 14.4. The first-order valence-electron chi connectivity index (χ1n) is 5.61. The monoisotopic (exact) mass is 293 g/mol. The van der Waals surface area contributed by atoms with Gasteiger partial charge in [0.2, 0.25) is 5.89 Å². The fraction of sp³-hybridized carbons (Fsp3) is 0.273. The van der Waals surface area contributed by atoms with Crippen LogP contribution in [0.2, 0.25) is 0 Å². The third-order valence-corrected chi connectivity index (χ3v) is 4.06. The minimum Gasteiger partial charge on any atom is -0.416 e. The van der Waals surface area contributed by atoms with Crippen molar-refractivity contribution in [2.24, 2.45) is 0 Å². The zero-order valence-electron chi connectivity index (χ0n) is 10.4. The number of hydrogen-bond donors (Lipinski definition) is 1. The van der Waals surface area contributed by atoms with E-state index in [9.17, 15) is 0 Å². The van der Waals surface area contributed by atoms with E-state index in [0.717, 1.165) is 21.9 Å². The maximum Gasteiger partial charge on any atom is 0.277 e. The molecule has 0 aromatic carbocycles. The number of hydrogen-bond acceptors (Lipinski definition) is 8. The van der Waals surface area contributed by atoms with Crippen molar-refractivity contribution in [1.29, 1.82) is 0 Å². The molecule has 3 aromatic rings. The SMILES string of the molecule is CNc1nc(CSc2nnc(C)o2)nc2sccc12. The van der Waals surface area contributed by atoms with Gasteiger partial charge in [-0.2, -0.15) is 0 Å². The molecule has 0 bridgehead atoms. The van der Waals surface area contributed by atoms with Gasteiger partial charge in [0, 0.05) is 14.0 Å². The number of rotatable bonds is 4. The summed E-state index contributed by atoms with van der Waals surface area (Å²) in [6.45, 7) is 1.77. The highest BCUT2D eigenvalue weighted by Gasteiger charge is 2.10. The number of aryl methyl sites for hydroxylation is 1. The number of fused-ring (bicyclic) bond motifs is 1. The van der Waals surface area contributed by atoms with Gasteiger partial charge in [-0.15, -0.1) is 21.5 Å². The summed E-state index contributed by atoms with van der Waals surface area (Å²) in [7, 11) is 1.86. The van der Waals surface area contributed by atoms with Crippen molar-refractivity contribution >= 4 is 39.1 Å². The Hall–Kier alpha value is -1.67. The van der Waals surface area contributed by atoms with Crippen LogP contribution in [0.25, 0.3) is 10.2 Å². The van der Waals surface area contributed by atoms with Crippen LogP contribution in [-0.2, 0) is 5.75 Å². The summed E-state index contributed by atoms with van der Waals surface area (Å²) in [4.78, 5) is 9.99. The molecule has 0 aliphatic carbocycles. The molecular weight excluding hydrogens is 282 g/mol. The number of nitrogens with one attached hydrogen (secondary N) is 1. The summed E-state index contributed by atoms with van der Waals surface area (Å²) >= 11 is 3.04. The molecule has 3 aromatic heterocycles. The van der Waals surface area contributed by atoms with E-state index in [0.29, 0.717) is 16.9 Å². The number of anilines is 1. The Balaban J connectivity index is 1.84. The molecule has 0 saturated heterocycles. The van der Waals surface area contributed by atoms with Crippen molar-refractivity contribution in [2.75, 3.05) is 12.4 Å². The Morgan fingerprint density at radius 3 is 3.00 bits per heavy atom. The molecule has 0 unspecified atom stereocenters. The van der Waals surface area contributed by atoms with Gasteiger partial charge in [-0.3, -0.25) is 0 Å². The first kappa shape index (κ1) is 12.4. The van der Waals surface area contributed by atoms with Crippen molar-refractivity contribution in [3.05, 3.63) is 23.2 Å². The first-order valence-corrected chi connectivity index (χ1v) is 7.47. The summed E-state index contributed by atoms with van der Waals surface area (Å²) in [6, 6.07) is 2.02. The minimum absolute atomic E-state index is 0.540. The zero-order valence-corrected chi connectivity index (χ0v) is 12.0. The van der Waals surface area contributed by atoms with E-state index in [-0.39, 0.29) is 0 Å². The van der Waals surface area contributed by atoms with E-state index in [1.54, 1.807) is 18.3 Å². The predicted molar refractivity (Wildman–Crippen MR) is 75.6 cm³/mol. The Morgan fingerprint density at radius 2 is 2.26 bits per heavy atom. The molecule has 3 rings (SSSR count). The van der Waals surface area contributed by atoms with Gasteiger partial charge in [-0.05, 0) is 11.4 Å². The van der Waals surface area contributed by atoms with Gasteiger partial charge < -0.3 is 9.73 Å². The molecule has 3 heterocycles. The molecule has 98 valence electrons. The average Bonchev–Trinajstić information content (AvgIpc) is 3.03. The molecule has 0 atom stereocenters. The van der Waals surface area contributed by atoms with Gasteiger partial charge in [0.05, 0.1) is 11.1 Å². The molecule has 0 spiro atoms. The molecule has 6 nitrogen and oxygen atoms in total. The largest absolute Gasteiger partial charge is 0.416 e. The number of nitrogens with zero attached hydrogens (tertiary/aromatic N) is 4. The lowest BCUT2D eigenvalue weighted by Gasteiger charge is -2.03. The zero-order chi connectivity index (χ0) is 13.2. The Kier molecular flexibility index (Phi) is 3.34. The summed E-state index contributed by atoms with van der Waals surface area (Å²) in [6.07, 6.45) is 0. The topological polar surface area (TPSA) is 76.7 Å². The molecule has 19 heavy (non-hydrogen) atoms. The predicted octanol–water partition coefficient (Wildman–Crippen LogP) is 2.72. The molecule has 8 heteroatoms. The van der Waals surface area contributed by atoms with Crippen molar-refractivity contribution in [3.63, 3.8) is 0 Å². The normalized spacial score (nSPS) is 11.1. The summed E-state index contributed by atoms with van der Waals surface area (Å²) in [5.41, 5.74) is 0. The number of thioether (sulfide) groups is 1. The highest BCUT2D eigenvalue weighted by molar-refractivity contribution is 7.98. The fourth-order valence-corrected chi connectivity index (χ4v) is 3.06. The lowest BCUT2D eigenvalue weighted by atomic mass is 10.4. The van der Waals surface area contributed by atoms with E-state index >= 15 is 0 Å². The van der Waals surface area contributed by atoms with Gasteiger partial charge in [0.25, 0.3) is 5.22 Å². The first-order chi connectivity index (χ1) is 9.26. The van der Waals surface area contributed by atoms with E-state index in [1.165, 1.54) is 11.8 Å². The fourth-order valence-electron chi connectivity index (χ4n) is 1.62. The molecular formula is C11H11N5OS2. The lowest BCUT2D eigenvalue weighted by molar-refractivity contribution is 0.429. The van der Waals surface area contributed by atoms with Crippen LogP contribution >= 0.6 is 23.1 Å². The number of thiophene rings is 1. The highest BCUT2D eigenvalue weighted by atomic mass is 32.2. The molecule has 0 radical (unpaired) electrons. The molecule has 0 aliphatic heterocycles. The van der Waals surface area contributed by atoms with E-state index in [1.807, 2.05) is 18.5 Å². The van der Waals surface area contributed by atoms with Crippen LogP contribution in [-0.4, -0.2) is 27.2 Å². The second kappa shape index (κ2) is 5.14. The Bertz CT molecular complexity index is 708. The number of aromatic nitrogens is 4. The third-order valence-electron chi connectivity index (χ3n) is 2.44. The molecule has 0 amide bonds. The van der Waals surface area contributed by atoms with Gasteiger partial charge in [0.1, 0.15) is 16.5 Å². The summed E-state index contributed by atoms with van der Waals surface area (Å²) < 4.78 is 5.31. The van der Waals surface area contributed by atoms with Crippen LogP contribution < -0.4 is 5.32 Å². The molecule has 0 saturated carbocycles. The van der Waals surface area contributed by atoms with Crippen molar-refractivity contribution in [3.8, 4) is 0 Å². The van der Waals surface area contributed by atoms with Gasteiger partial charge in [-0.1, -0.05) is 11.8 Å². The van der Waals surface area contributed by atoms with Crippen LogP contribution in [0.5, 0.6) is 0 Å². The van der Waals surface area contributed by atoms with Crippen LogP contribution in [0.4, 0.5) is 5.82 Å². The van der Waals surface area contributed by atoms with Crippen LogP contribution in [0.3, 0.4) is 0 Å². The average molecular weight is 293 g/mol. The van der Waals surface area contributed by atoms with E-state index in [2.05, 4.69) is 25.5 Å². The smallest absolute Gasteiger partial charge is 0.277 e. The molecule has 0 fully saturated rings. The second-order valence-electron chi connectivity index (χ2n) is 3.75. The van der Waals surface area contributed by atoms with E-state index < -0.39 is 0 Å². The van der Waals surface area contributed by atoms with Crippen LogP contribution in [0.1, 0.15) is 11.7 Å². The Labute approximate surface area is 117 Å². The van der Waals surface area contributed by atoms with E-state index in [4.69, 9.17) is 4.42 Å². The van der Waals surface area contributed by atoms with Crippen LogP contribution in [0, 0.1) is 6.92 Å². The van der Waals surface area contributed by atoms with Gasteiger partial charge in [-0.25, -0.2) is 9.97 Å². The molecule has 0 aliphatic rings.